The Morgan fingerprint density at radius 1 is 1.55 bits per heavy atom. The number of rotatable bonds is 4. The van der Waals surface area contributed by atoms with Crippen LogP contribution in [0.2, 0.25) is 0 Å². The van der Waals surface area contributed by atoms with E-state index in [0.29, 0.717) is 11.8 Å². The SMILES string of the molecule is CC(C)CSC(C)C(N)=NO. The van der Waals surface area contributed by atoms with Gasteiger partial charge in [0, 0.05) is 0 Å². The lowest BCUT2D eigenvalue weighted by Crippen LogP contribution is -2.24. The highest BCUT2D eigenvalue weighted by atomic mass is 32.2. The van der Waals surface area contributed by atoms with Crippen LogP contribution in [0.15, 0.2) is 5.16 Å². The van der Waals surface area contributed by atoms with Gasteiger partial charge in [-0.05, 0) is 18.6 Å². The van der Waals surface area contributed by atoms with E-state index in [0.717, 1.165) is 5.75 Å². The lowest BCUT2D eigenvalue weighted by molar-refractivity contribution is 0.317. The van der Waals surface area contributed by atoms with Gasteiger partial charge in [0.25, 0.3) is 0 Å². The zero-order chi connectivity index (χ0) is 8.85. The average Bonchev–Trinajstić information content (AvgIpc) is 1.98. The van der Waals surface area contributed by atoms with Crippen LogP contribution in [-0.4, -0.2) is 22.0 Å². The molecule has 0 bridgehead atoms. The number of amidine groups is 1. The van der Waals surface area contributed by atoms with Gasteiger partial charge >= 0.3 is 0 Å². The first-order chi connectivity index (χ1) is 5.07. The van der Waals surface area contributed by atoms with Crippen LogP contribution >= 0.6 is 11.8 Å². The Hall–Kier alpha value is -0.380. The fraction of sp³-hybridized carbons (Fsp3) is 0.857. The second-order valence-corrected chi connectivity index (χ2v) is 4.27. The minimum Gasteiger partial charge on any atom is -0.409 e. The maximum atomic E-state index is 8.32. The van der Waals surface area contributed by atoms with Crippen molar-refractivity contribution in [2.24, 2.45) is 16.8 Å². The molecule has 66 valence electrons. The largest absolute Gasteiger partial charge is 0.409 e. The molecule has 0 aromatic heterocycles. The van der Waals surface area contributed by atoms with Gasteiger partial charge in [0.05, 0.1) is 5.25 Å². The number of hydrogen-bond donors (Lipinski definition) is 2. The van der Waals surface area contributed by atoms with Gasteiger partial charge in [-0.2, -0.15) is 11.8 Å². The summed E-state index contributed by atoms with van der Waals surface area (Å²) in [7, 11) is 0. The van der Waals surface area contributed by atoms with Crippen molar-refractivity contribution in [1.29, 1.82) is 0 Å². The van der Waals surface area contributed by atoms with E-state index in [9.17, 15) is 0 Å². The molecule has 3 nitrogen and oxygen atoms in total. The Morgan fingerprint density at radius 2 is 2.09 bits per heavy atom. The van der Waals surface area contributed by atoms with Crippen molar-refractivity contribution in [3.63, 3.8) is 0 Å². The van der Waals surface area contributed by atoms with E-state index < -0.39 is 0 Å². The van der Waals surface area contributed by atoms with Gasteiger partial charge in [0.15, 0.2) is 5.84 Å². The maximum Gasteiger partial charge on any atom is 0.151 e. The molecule has 0 aliphatic carbocycles. The molecule has 4 heteroatoms. The summed E-state index contributed by atoms with van der Waals surface area (Å²) in [5, 5.41) is 11.4. The van der Waals surface area contributed by atoms with E-state index >= 15 is 0 Å². The Balaban J connectivity index is 3.61. The summed E-state index contributed by atoms with van der Waals surface area (Å²) >= 11 is 1.70. The number of hydrogen-bond acceptors (Lipinski definition) is 3. The summed E-state index contributed by atoms with van der Waals surface area (Å²) in [4.78, 5) is 0. The highest BCUT2D eigenvalue weighted by Gasteiger charge is 2.07. The van der Waals surface area contributed by atoms with Crippen LogP contribution in [0.3, 0.4) is 0 Å². The average molecular weight is 176 g/mol. The first kappa shape index (κ1) is 10.6. The van der Waals surface area contributed by atoms with Gasteiger partial charge in [-0.1, -0.05) is 19.0 Å². The third-order valence-electron chi connectivity index (χ3n) is 1.21. The fourth-order valence-corrected chi connectivity index (χ4v) is 1.39. The zero-order valence-electron chi connectivity index (χ0n) is 7.24. The minimum atomic E-state index is 0.113. The molecule has 0 aromatic carbocycles. The van der Waals surface area contributed by atoms with Crippen molar-refractivity contribution in [2.45, 2.75) is 26.0 Å². The van der Waals surface area contributed by atoms with E-state index in [1.807, 2.05) is 6.92 Å². The molecule has 1 unspecified atom stereocenters. The molecule has 11 heavy (non-hydrogen) atoms. The molecule has 0 rings (SSSR count). The Morgan fingerprint density at radius 3 is 2.45 bits per heavy atom. The summed E-state index contributed by atoms with van der Waals surface area (Å²) < 4.78 is 0. The van der Waals surface area contributed by atoms with Gasteiger partial charge < -0.3 is 10.9 Å². The highest BCUT2D eigenvalue weighted by molar-refractivity contribution is 8.00. The van der Waals surface area contributed by atoms with Crippen LogP contribution in [0.5, 0.6) is 0 Å². The molecule has 1 atom stereocenters. The predicted molar refractivity (Wildman–Crippen MR) is 50.2 cm³/mol. The van der Waals surface area contributed by atoms with Gasteiger partial charge in [0.2, 0.25) is 0 Å². The monoisotopic (exact) mass is 176 g/mol. The lowest BCUT2D eigenvalue weighted by Gasteiger charge is -2.10. The first-order valence-corrected chi connectivity index (χ1v) is 4.71. The molecule has 0 aromatic rings. The van der Waals surface area contributed by atoms with E-state index in [1.54, 1.807) is 11.8 Å². The van der Waals surface area contributed by atoms with Gasteiger partial charge in [-0.3, -0.25) is 0 Å². The third kappa shape index (κ3) is 4.95. The summed E-state index contributed by atoms with van der Waals surface area (Å²) in [5.41, 5.74) is 5.38. The molecule has 0 spiro atoms. The molecule has 0 fully saturated rings. The van der Waals surface area contributed by atoms with Crippen molar-refractivity contribution >= 4 is 17.6 Å². The molecule has 0 aliphatic heterocycles. The smallest absolute Gasteiger partial charge is 0.151 e. The lowest BCUT2D eigenvalue weighted by atomic mass is 10.3. The summed E-state index contributed by atoms with van der Waals surface area (Å²) in [6.07, 6.45) is 0. The van der Waals surface area contributed by atoms with Gasteiger partial charge in [-0.25, -0.2) is 0 Å². The van der Waals surface area contributed by atoms with Crippen molar-refractivity contribution < 1.29 is 5.21 Å². The van der Waals surface area contributed by atoms with Crippen molar-refractivity contribution in [3.05, 3.63) is 0 Å². The Labute approximate surface area is 72.0 Å². The standard InChI is InChI=1S/C7H16N2OS/c1-5(2)4-11-6(3)7(8)9-10/h5-6,10H,4H2,1-3H3,(H2,8,9). The minimum absolute atomic E-state index is 0.113. The molecular weight excluding hydrogens is 160 g/mol. The molecule has 0 saturated heterocycles. The highest BCUT2D eigenvalue weighted by Crippen LogP contribution is 2.14. The van der Waals surface area contributed by atoms with Gasteiger partial charge in [-0.15, -0.1) is 0 Å². The second-order valence-electron chi connectivity index (χ2n) is 2.89. The Bertz CT molecular complexity index is 136. The van der Waals surface area contributed by atoms with E-state index in [2.05, 4.69) is 19.0 Å². The van der Waals surface area contributed by atoms with E-state index in [1.165, 1.54) is 0 Å². The van der Waals surface area contributed by atoms with Crippen LogP contribution < -0.4 is 5.73 Å². The van der Waals surface area contributed by atoms with E-state index in [4.69, 9.17) is 10.9 Å². The van der Waals surface area contributed by atoms with Crippen molar-refractivity contribution in [1.82, 2.24) is 0 Å². The molecule has 0 aliphatic rings. The first-order valence-electron chi connectivity index (χ1n) is 3.67. The van der Waals surface area contributed by atoms with Gasteiger partial charge in [0.1, 0.15) is 0 Å². The van der Waals surface area contributed by atoms with Crippen LogP contribution in [0.25, 0.3) is 0 Å². The molecule has 0 amide bonds. The van der Waals surface area contributed by atoms with Crippen LogP contribution in [0.4, 0.5) is 0 Å². The summed E-state index contributed by atoms with van der Waals surface area (Å²) in [5.74, 6) is 1.99. The number of oxime groups is 1. The summed E-state index contributed by atoms with van der Waals surface area (Å²) in [6, 6.07) is 0. The third-order valence-corrected chi connectivity index (χ3v) is 2.81. The topological polar surface area (TPSA) is 58.6 Å². The molecule has 0 radical (unpaired) electrons. The molecule has 3 N–H and O–H groups in total. The number of nitrogens with two attached hydrogens (primary N) is 1. The molecule has 0 heterocycles. The second kappa shape index (κ2) is 5.29. The Kier molecular flexibility index (Phi) is 5.11. The summed E-state index contributed by atoms with van der Waals surface area (Å²) in [6.45, 7) is 6.22. The molecule has 0 saturated carbocycles. The fourth-order valence-electron chi connectivity index (χ4n) is 0.503. The zero-order valence-corrected chi connectivity index (χ0v) is 8.06. The number of thioether (sulfide) groups is 1. The maximum absolute atomic E-state index is 8.32. The predicted octanol–water partition coefficient (Wildman–Crippen LogP) is 1.51. The van der Waals surface area contributed by atoms with Crippen LogP contribution in [0.1, 0.15) is 20.8 Å². The van der Waals surface area contributed by atoms with Crippen LogP contribution in [-0.2, 0) is 0 Å². The van der Waals surface area contributed by atoms with Crippen molar-refractivity contribution in [3.8, 4) is 0 Å². The van der Waals surface area contributed by atoms with Crippen LogP contribution in [0, 0.1) is 5.92 Å². The normalized spacial score (nSPS) is 15.5. The molecular formula is C7H16N2OS. The van der Waals surface area contributed by atoms with Crippen molar-refractivity contribution in [2.75, 3.05) is 5.75 Å². The van der Waals surface area contributed by atoms with E-state index in [-0.39, 0.29) is 5.25 Å². The quantitative estimate of drug-likeness (QED) is 0.295. The number of nitrogens with zero attached hydrogens (tertiary/aromatic N) is 1.